The Morgan fingerprint density at radius 1 is 0.330 bits per heavy atom. The molecule has 3 N–H and O–H groups in total. The zero-order valence-electron chi connectivity index (χ0n) is 60.9. The van der Waals surface area contributed by atoms with Crippen LogP contribution in [-0.4, -0.2) is 96.7 Å². The fourth-order valence-corrected chi connectivity index (χ4v) is 12.5. The van der Waals surface area contributed by atoms with Crippen molar-refractivity contribution in [3.05, 3.63) is 24.3 Å². The molecule has 0 rings (SSSR count). The lowest BCUT2D eigenvalue weighted by Crippen LogP contribution is -2.30. The van der Waals surface area contributed by atoms with Gasteiger partial charge in [-0.2, -0.15) is 0 Å². The maximum absolute atomic E-state index is 13.1. The number of aliphatic hydroxyl groups excluding tert-OH is 1. The summed E-state index contributed by atoms with van der Waals surface area (Å²) < 4.78 is 68.4. The van der Waals surface area contributed by atoms with E-state index in [1.165, 1.54) is 148 Å². The van der Waals surface area contributed by atoms with Gasteiger partial charge < -0.3 is 33.8 Å². The molecule has 17 nitrogen and oxygen atoms in total. The van der Waals surface area contributed by atoms with Crippen LogP contribution in [0.2, 0.25) is 0 Å². The predicted octanol–water partition coefficient (Wildman–Crippen LogP) is 21.3. The van der Waals surface area contributed by atoms with E-state index in [2.05, 4.69) is 72.8 Å². The van der Waals surface area contributed by atoms with Gasteiger partial charge in [0.1, 0.15) is 19.3 Å². The standard InChI is InChI=1S/C75H142O17P2/c1-8-9-10-11-12-13-14-15-16-19-24-30-35-44-51-58-75(80)92-71(63-86-73(78)57-50-43-38-37-41-48-55-68(6)7)65-90-94(83,84)88-61-69(76)60-87-93(81,82)89-64-70(62-85-72(77)56-49-42-34-29-26-21-23-28-33-40-47-54-67(4)5)91-74(79)59-52-45-36-31-25-20-17-18-22-27-32-39-46-53-66(2)3/h13-16,66-71,76H,8-12,17-65H2,1-7H3,(H,81,82)(H,83,84)/b14-13-,16-15-/t69-,70-,71-/m1/s1. The lowest BCUT2D eigenvalue weighted by atomic mass is 10.0. The quantitative estimate of drug-likeness (QED) is 0.0169. The van der Waals surface area contributed by atoms with Crippen LogP contribution in [0.5, 0.6) is 0 Å². The number of phosphoric acid groups is 2. The minimum absolute atomic E-state index is 0.0837. The molecule has 0 spiro atoms. The van der Waals surface area contributed by atoms with Crippen LogP contribution in [0.3, 0.4) is 0 Å². The van der Waals surface area contributed by atoms with E-state index in [0.29, 0.717) is 31.6 Å². The van der Waals surface area contributed by atoms with E-state index in [4.69, 9.17) is 37.0 Å². The number of esters is 4. The summed E-state index contributed by atoms with van der Waals surface area (Å²) in [5, 5.41) is 10.6. The number of aliphatic hydroxyl groups is 1. The van der Waals surface area contributed by atoms with Crippen LogP contribution in [0, 0.1) is 17.8 Å². The van der Waals surface area contributed by atoms with Gasteiger partial charge in [0.2, 0.25) is 0 Å². The van der Waals surface area contributed by atoms with Gasteiger partial charge >= 0.3 is 39.5 Å². The van der Waals surface area contributed by atoms with Crippen molar-refractivity contribution < 1.29 is 80.2 Å². The minimum Gasteiger partial charge on any atom is -0.462 e. The largest absolute Gasteiger partial charge is 0.472 e. The van der Waals surface area contributed by atoms with Gasteiger partial charge in [0, 0.05) is 25.7 Å². The van der Waals surface area contributed by atoms with Crippen LogP contribution in [0.15, 0.2) is 24.3 Å². The molecule has 0 bridgehead atoms. The van der Waals surface area contributed by atoms with Crippen LogP contribution >= 0.6 is 15.6 Å². The van der Waals surface area contributed by atoms with Gasteiger partial charge in [0.25, 0.3) is 0 Å². The average Bonchev–Trinajstić information content (AvgIpc) is 3.34. The number of carbonyl (C=O) groups excluding carboxylic acids is 4. The topological polar surface area (TPSA) is 237 Å². The van der Waals surface area contributed by atoms with Crippen molar-refractivity contribution in [2.45, 2.75) is 375 Å². The van der Waals surface area contributed by atoms with Crippen LogP contribution in [-0.2, 0) is 65.4 Å². The summed E-state index contributed by atoms with van der Waals surface area (Å²) in [5.74, 6) is 0.0791. The molecule has 0 fully saturated rings. The molecule has 0 aromatic carbocycles. The predicted molar refractivity (Wildman–Crippen MR) is 381 cm³/mol. The maximum atomic E-state index is 13.1. The summed E-state index contributed by atoms with van der Waals surface area (Å²) in [6, 6.07) is 0. The average molecular weight is 1380 g/mol. The van der Waals surface area contributed by atoms with Crippen molar-refractivity contribution in [2.75, 3.05) is 39.6 Å². The van der Waals surface area contributed by atoms with E-state index in [0.717, 1.165) is 121 Å². The van der Waals surface area contributed by atoms with Crippen LogP contribution < -0.4 is 0 Å². The zero-order chi connectivity index (χ0) is 69.4. The van der Waals surface area contributed by atoms with E-state index >= 15 is 0 Å². The second kappa shape index (κ2) is 65.2. The Kier molecular flexibility index (Phi) is 63.5. The Morgan fingerprint density at radius 2 is 0.574 bits per heavy atom. The van der Waals surface area contributed by atoms with E-state index in [1.807, 2.05) is 0 Å². The second-order valence-electron chi connectivity index (χ2n) is 27.8. The second-order valence-corrected chi connectivity index (χ2v) is 30.7. The molecule has 0 amide bonds. The molecule has 2 unspecified atom stereocenters. The van der Waals surface area contributed by atoms with Gasteiger partial charge in [0.15, 0.2) is 12.2 Å². The normalized spacial score (nSPS) is 14.3. The van der Waals surface area contributed by atoms with E-state index in [1.54, 1.807) is 0 Å². The summed E-state index contributed by atoms with van der Waals surface area (Å²) in [5.41, 5.74) is 0. The van der Waals surface area contributed by atoms with Crippen molar-refractivity contribution in [3.63, 3.8) is 0 Å². The van der Waals surface area contributed by atoms with Crippen LogP contribution in [0.4, 0.5) is 0 Å². The lowest BCUT2D eigenvalue weighted by molar-refractivity contribution is -0.161. The molecule has 0 heterocycles. The maximum Gasteiger partial charge on any atom is 0.472 e. The van der Waals surface area contributed by atoms with E-state index in [-0.39, 0.29) is 25.7 Å². The molecular weight excluding hydrogens is 1230 g/mol. The molecule has 0 saturated carbocycles. The Labute approximate surface area is 573 Å². The van der Waals surface area contributed by atoms with Crippen molar-refractivity contribution in [1.29, 1.82) is 0 Å². The summed E-state index contributed by atoms with van der Waals surface area (Å²) in [6.45, 7) is 11.8. The van der Waals surface area contributed by atoms with Gasteiger partial charge in [-0.25, -0.2) is 9.13 Å². The molecule has 554 valence electrons. The number of phosphoric ester groups is 2. The number of rotatable bonds is 71. The zero-order valence-corrected chi connectivity index (χ0v) is 62.7. The van der Waals surface area contributed by atoms with E-state index in [9.17, 15) is 43.2 Å². The van der Waals surface area contributed by atoms with Gasteiger partial charge in [-0.05, 0) is 69.1 Å². The Balaban J connectivity index is 5.28. The molecule has 0 radical (unpaired) electrons. The van der Waals surface area contributed by atoms with Gasteiger partial charge in [0.05, 0.1) is 26.4 Å². The van der Waals surface area contributed by atoms with Crippen molar-refractivity contribution in [2.24, 2.45) is 17.8 Å². The number of hydrogen-bond acceptors (Lipinski definition) is 15. The smallest absolute Gasteiger partial charge is 0.462 e. The van der Waals surface area contributed by atoms with Gasteiger partial charge in [-0.1, -0.05) is 304 Å². The third-order valence-corrected chi connectivity index (χ3v) is 18.7. The fourth-order valence-electron chi connectivity index (χ4n) is 10.9. The third kappa shape index (κ3) is 68.1. The first kappa shape index (κ1) is 91.5. The van der Waals surface area contributed by atoms with Crippen LogP contribution in [0.25, 0.3) is 0 Å². The molecule has 5 atom stereocenters. The van der Waals surface area contributed by atoms with Crippen LogP contribution in [0.1, 0.15) is 357 Å². The molecule has 0 aromatic rings. The summed E-state index contributed by atoms with van der Waals surface area (Å²) in [6.07, 6.45) is 53.6. The van der Waals surface area contributed by atoms with Crippen molar-refractivity contribution in [3.8, 4) is 0 Å². The molecule has 94 heavy (non-hydrogen) atoms. The Hall–Kier alpha value is -2.46. The fraction of sp³-hybridized carbons (Fsp3) is 0.893. The van der Waals surface area contributed by atoms with E-state index < -0.39 is 97.5 Å². The van der Waals surface area contributed by atoms with Crippen molar-refractivity contribution in [1.82, 2.24) is 0 Å². The number of ether oxygens (including phenoxy) is 4. The molecule has 0 aromatic heterocycles. The number of unbranched alkanes of at least 4 members (excludes halogenated alkanes) is 36. The highest BCUT2D eigenvalue weighted by Crippen LogP contribution is 2.45. The molecule has 0 aliphatic heterocycles. The lowest BCUT2D eigenvalue weighted by Gasteiger charge is -2.21. The minimum atomic E-state index is -4.96. The number of carbonyl (C=O) groups is 4. The highest BCUT2D eigenvalue weighted by molar-refractivity contribution is 7.47. The molecule has 0 aliphatic carbocycles. The molecular formula is C75H142O17P2. The first-order chi connectivity index (χ1) is 45.2. The first-order valence-electron chi connectivity index (χ1n) is 38.2. The van der Waals surface area contributed by atoms with Gasteiger partial charge in [-0.3, -0.25) is 37.3 Å². The highest BCUT2D eigenvalue weighted by atomic mass is 31.2. The summed E-state index contributed by atoms with van der Waals surface area (Å²) >= 11 is 0. The third-order valence-electron chi connectivity index (χ3n) is 16.8. The molecule has 19 heteroatoms. The summed E-state index contributed by atoms with van der Waals surface area (Å²) in [4.78, 5) is 72.7. The molecule has 0 aliphatic rings. The summed E-state index contributed by atoms with van der Waals surface area (Å²) in [7, 11) is -9.92. The Bertz CT molecular complexity index is 1930. The molecule has 0 saturated heterocycles. The highest BCUT2D eigenvalue weighted by Gasteiger charge is 2.30. The first-order valence-corrected chi connectivity index (χ1v) is 41.2. The van der Waals surface area contributed by atoms with Crippen molar-refractivity contribution >= 4 is 39.5 Å². The van der Waals surface area contributed by atoms with Gasteiger partial charge in [-0.15, -0.1) is 0 Å². The number of allylic oxidation sites excluding steroid dienone is 4. The Morgan fingerprint density at radius 3 is 0.862 bits per heavy atom. The number of hydrogen-bond donors (Lipinski definition) is 3. The SMILES string of the molecule is CCCCCC/C=C\C=C/CCCCCCCC(=O)O[C@H](COC(=O)CCCCCCCCC(C)C)COP(=O)(O)OC[C@H](O)COP(=O)(O)OC[C@@H](COC(=O)CCCCCCCCCCCCCC(C)C)OC(=O)CCCCCCCCCCCCCCCC(C)C. The monoisotopic (exact) mass is 1380 g/mol.